The Balaban J connectivity index is 2.39. The average molecular weight is 184 g/mol. The van der Waals surface area contributed by atoms with Crippen LogP contribution in [0.4, 0.5) is 0 Å². The summed E-state index contributed by atoms with van der Waals surface area (Å²) in [5.74, 6) is 0.633. The second-order valence-corrected chi connectivity index (χ2v) is 4.79. The second kappa shape index (κ2) is 4.12. The van der Waals surface area contributed by atoms with Crippen molar-refractivity contribution >= 4 is 5.97 Å². The molecule has 1 rings (SSSR count). The van der Waals surface area contributed by atoms with E-state index in [1.165, 1.54) is 32.6 Å². The van der Waals surface area contributed by atoms with Crippen molar-refractivity contribution in [1.82, 2.24) is 0 Å². The number of ether oxygens (including phenoxy) is 1. The molecule has 0 aromatic heterocycles. The van der Waals surface area contributed by atoms with Gasteiger partial charge in [0.05, 0.1) is 6.61 Å². The summed E-state index contributed by atoms with van der Waals surface area (Å²) in [6.45, 7) is 6.60. The molecule has 0 radical (unpaired) electrons. The van der Waals surface area contributed by atoms with Crippen LogP contribution >= 0.6 is 0 Å². The Morgan fingerprint density at radius 1 is 1.62 bits per heavy atom. The van der Waals surface area contributed by atoms with E-state index in [0.29, 0.717) is 6.61 Å². The van der Waals surface area contributed by atoms with Crippen molar-refractivity contribution in [2.45, 2.75) is 46.5 Å². The SMILES string of the molecule is CC(=O)OCC1(C)CCCC(C)C1. The van der Waals surface area contributed by atoms with Crippen molar-refractivity contribution in [3.05, 3.63) is 0 Å². The topological polar surface area (TPSA) is 26.3 Å². The molecule has 0 N–H and O–H groups in total. The summed E-state index contributed by atoms with van der Waals surface area (Å²) < 4.78 is 5.09. The zero-order valence-electron chi connectivity index (χ0n) is 8.93. The first-order valence-corrected chi connectivity index (χ1v) is 5.15. The van der Waals surface area contributed by atoms with Gasteiger partial charge in [-0.1, -0.05) is 26.7 Å². The first-order valence-electron chi connectivity index (χ1n) is 5.15. The molecule has 1 aliphatic rings. The molecule has 0 spiro atoms. The van der Waals surface area contributed by atoms with E-state index >= 15 is 0 Å². The third-order valence-electron chi connectivity index (χ3n) is 2.94. The first-order chi connectivity index (χ1) is 6.02. The van der Waals surface area contributed by atoms with Gasteiger partial charge in [0.1, 0.15) is 0 Å². The Morgan fingerprint density at radius 3 is 2.85 bits per heavy atom. The molecule has 2 unspecified atom stereocenters. The van der Waals surface area contributed by atoms with Gasteiger partial charge in [0.2, 0.25) is 0 Å². The molecule has 2 heteroatoms. The maximum Gasteiger partial charge on any atom is 0.302 e. The van der Waals surface area contributed by atoms with E-state index in [2.05, 4.69) is 13.8 Å². The molecule has 2 atom stereocenters. The minimum Gasteiger partial charge on any atom is -0.465 e. The van der Waals surface area contributed by atoms with E-state index < -0.39 is 0 Å². The summed E-state index contributed by atoms with van der Waals surface area (Å²) >= 11 is 0. The van der Waals surface area contributed by atoms with E-state index in [1.54, 1.807) is 0 Å². The van der Waals surface area contributed by atoms with Crippen LogP contribution in [0.5, 0.6) is 0 Å². The lowest BCUT2D eigenvalue weighted by Gasteiger charge is -2.36. The summed E-state index contributed by atoms with van der Waals surface area (Å²) in [6, 6.07) is 0. The van der Waals surface area contributed by atoms with Crippen LogP contribution in [-0.2, 0) is 9.53 Å². The van der Waals surface area contributed by atoms with Gasteiger partial charge in [-0.05, 0) is 18.8 Å². The van der Waals surface area contributed by atoms with Crippen LogP contribution in [0.15, 0.2) is 0 Å². The van der Waals surface area contributed by atoms with E-state index in [4.69, 9.17) is 4.74 Å². The fraction of sp³-hybridized carbons (Fsp3) is 0.909. The van der Waals surface area contributed by atoms with Crippen molar-refractivity contribution in [1.29, 1.82) is 0 Å². The summed E-state index contributed by atoms with van der Waals surface area (Å²) in [5, 5.41) is 0. The number of hydrogen-bond donors (Lipinski definition) is 0. The minimum absolute atomic E-state index is 0.153. The maximum atomic E-state index is 10.7. The molecule has 0 amide bonds. The third kappa shape index (κ3) is 3.37. The highest BCUT2D eigenvalue weighted by Crippen LogP contribution is 2.38. The lowest BCUT2D eigenvalue weighted by Crippen LogP contribution is -2.30. The Kier molecular flexibility index (Phi) is 3.34. The molecule has 0 bridgehead atoms. The minimum atomic E-state index is -0.153. The Labute approximate surface area is 80.7 Å². The zero-order chi connectivity index (χ0) is 9.90. The molecule has 2 nitrogen and oxygen atoms in total. The molecule has 0 saturated heterocycles. The van der Waals surface area contributed by atoms with Gasteiger partial charge in [-0.2, -0.15) is 0 Å². The summed E-state index contributed by atoms with van der Waals surface area (Å²) in [6.07, 6.45) is 5.00. The zero-order valence-corrected chi connectivity index (χ0v) is 8.93. The number of carbonyl (C=O) groups excluding carboxylic acids is 1. The van der Waals surface area contributed by atoms with Gasteiger partial charge >= 0.3 is 5.97 Å². The summed E-state index contributed by atoms with van der Waals surface area (Å²) in [4.78, 5) is 10.7. The summed E-state index contributed by atoms with van der Waals surface area (Å²) in [7, 11) is 0. The number of esters is 1. The number of rotatable bonds is 2. The number of carbonyl (C=O) groups is 1. The molecule has 1 fully saturated rings. The molecular formula is C11H20O2. The van der Waals surface area contributed by atoms with Crippen LogP contribution in [0.1, 0.15) is 46.5 Å². The number of hydrogen-bond acceptors (Lipinski definition) is 2. The van der Waals surface area contributed by atoms with Gasteiger partial charge in [0.25, 0.3) is 0 Å². The lowest BCUT2D eigenvalue weighted by molar-refractivity contribution is -0.145. The Morgan fingerprint density at radius 2 is 2.31 bits per heavy atom. The first kappa shape index (κ1) is 10.6. The molecule has 0 aromatic rings. The Bertz CT molecular complexity index is 189. The van der Waals surface area contributed by atoms with Gasteiger partial charge in [-0.25, -0.2) is 0 Å². The van der Waals surface area contributed by atoms with Gasteiger partial charge in [0, 0.05) is 12.3 Å². The highest BCUT2D eigenvalue weighted by molar-refractivity contribution is 5.65. The van der Waals surface area contributed by atoms with Crippen molar-refractivity contribution in [2.75, 3.05) is 6.61 Å². The van der Waals surface area contributed by atoms with E-state index in [0.717, 1.165) is 5.92 Å². The van der Waals surface area contributed by atoms with E-state index in [1.807, 2.05) is 0 Å². The molecular weight excluding hydrogens is 164 g/mol. The molecule has 0 aliphatic heterocycles. The highest BCUT2D eigenvalue weighted by atomic mass is 16.5. The largest absolute Gasteiger partial charge is 0.465 e. The molecule has 1 saturated carbocycles. The highest BCUT2D eigenvalue weighted by Gasteiger charge is 2.31. The molecule has 0 heterocycles. The van der Waals surface area contributed by atoms with E-state index in [9.17, 15) is 4.79 Å². The molecule has 1 aliphatic carbocycles. The molecule has 0 aromatic carbocycles. The summed E-state index contributed by atoms with van der Waals surface area (Å²) in [5.41, 5.74) is 0.239. The van der Waals surface area contributed by atoms with Crippen molar-refractivity contribution in [2.24, 2.45) is 11.3 Å². The maximum absolute atomic E-state index is 10.7. The fourth-order valence-corrected chi connectivity index (χ4v) is 2.33. The predicted octanol–water partition coefficient (Wildman–Crippen LogP) is 2.77. The van der Waals surface area contributed by atoms with Crippen molar-refractivity contribution in [3.8, 4) is 0 Å². The normalized spacial score (nSPS) is 34.2. The van der Waals surface area contributed by atoms with Gasteiger partial charge in [0.15, 0.2) is 0 Å². The van der Waals surface area contributed by atoms with Crippen molar-refractivity contribution in [3.63, 3.8) is 0 Å². The molecule has 76 valence electrons. The van der Waals surface area contributed by atoms with Crippen LogP contribution in [0.3, 0.4) is 0 Å². The second-order valence-electron chi connectivity index (χ2n) is 4.79. The Hall–Kier alpha value is -0.530. The lowest BCUT2D eigenvalue weighted by atomic mass is 9.72. The van der Waals surface area contributed by atoms with Crippen LogP contribution in [0.2, 0.25) is 0 Å². The fourth-order valence-electron chi connectivity index (χ4n) is 2.33. The van der Waals surface area contributed by atoms with Crippen LogP contribution in [-0.4, -0.2) is 12.6 Å². The van der Waals surface area contributed by atoms with Crippen LogP contribution in [0.25, 0.3) is 0 Å². The van der Waals surface area contributed by atoms with Gasteiger partial charge < -0.3 is 4.74 Å². The molecule has 13 heavy (non-hydrogen) atoms. The standard InChI is InChI=1S/C11H20O2/c1-9-5-4-6-11(3,7-9)8-13-10(2)12/h9H,4-8H2,1-3H3. The predicted molar refractivity (Wildman–Crippen MR) is 52.4 cm³/mol. The van der Waals surface area contributed by atoms with Gasteiger partial charge in [-0.3, -0.25) is 4.79 Å². The van der Waals surface area contributed by atoms with E-state index in [-0.39, 0.29) is 11.4 Å². The monoisotopic (exact) mass is 184 g/mol. The average Bonchev–Trinajstić information content (AvgIpc) is 2.01. The van der Waals surface area contributed by atoms with Crippen LogP contribution < -0.4 is 0 Å². The quantitative estimate of drug-likeness (QED) is 0.617. The smallest absolute Gasteiger partial charge is 0.302 e. The van der Waals surface area contributed by atoms with Gasteiger partial charge in [-0.15, -0.1) is 0 Å². The van der Waals surface area contributed by atoms with Crippen molar-refractivity contribution < 1.29 is 9.53 Å². The van der Waals surface area contributed by atoms with Crippen LogP contribution in [0, 0.1) is 11.3 Å². The third-order valence-corrected chi connectivity index (χ3v) is 2.94.